The summed E-state index contributed by atoms with van der Waals surface area (Å²) in [5.41, 5.74) is 0. The molecule has 0 radical (unpaired) electrons. The molecule has 1 heterocycles. The minimum Gasteiger partial charge on any atom is -0.355 e. The van der Waals surface area contributed by atoms with Crippen molar-refractivity contribution in [1.82, 2.24) is 15.5 Å². The molecule has 0 bridgehead atoms. The molecule has 1 atom stereocenters. The lowest BCUT2D eigenvalue weighted by Crippen LogP contribution is -2.47. The molecule has 0 saturated carbocycles. The van der Waals surface area contributed by atoms with Gasteiger partial charge in [-0.05, 0) is 19.3 Å². The second-order valence-electron chi connectivity index (χ2n) is 6.86. The van der Waals surface area contributed by atoms with Gasteiger partial charge in [0.1, 0.15) is 0 Å². The molecule has 8 heteroatoms. The van der Waals surface area contributed by atoms with Gasteiger partial charge in [-0.25, -0.2) is 8.42 Å². The Kier molecular flexibility index (Phi) is 12.2. The fraction of sp³-hybridized carbons (Fsp3) is 0.938. The van der Waals surface area contributed by atoms with E-state index in [9.17, 15) is 8.42 Å². The zero-order chi connectivity index (χ0) is 17.3. The Morgan fingerprint density at radius 2 is 1.79 bits per heavy atom. The molecular formula is C16H35IN4O2S. The predicted octanol–water partition coefficient (Wildman–Crippen LogP) is 1.71. The van der Waals surface area contributed by atoms with Crippen molar-refractivity contribution in [2.75, 3.05) is 44.7 Å². The first-order chi connectivity index (χ1) is 10.8. The van der Waals surface area contributed by atoms with Crippen molar-refractivity contribution in [2.24, 2.45) is 10.9 Å². The lowest BCUT2D eigenvalue weighted by atomic mass is 10.0. The highest BCUT2D eigenvalue weighted by Crippen LogP contribution is 2.08. The standard InChI is InChI=1S/C16H34N4O2S.HI/c1-14(2)6-5-7-15(3)19-16(17-4)18-8-9-20-10-12-23(21,22)13-11-20;/h14-15H,5-13H2,1-4H3,(H2,17,18,19);1H. The van der Waals surface area contributed by atoms with Crippen molar-refractivity contribution in [3.63, 3.8) is 0 Å². The highest BCUT2D eigenvalue weighted by molar-refractivity contribution is 14.0. The number of halogens is 1. The second kappa shape index (κ2) is 12.3. The minimum atomic E-state index is -2.79. The van der Waals surface area contributed by atoms with E-state index in [1.54, 1.807) is 7.05 Å². The van der Waals surface area contributed by atoms with Gasteiger partial charge in [-0.1, -0.05) is 26.7 Å². The Morgan fingerprint density at radius 1 is 1.17 bits per heavy atom. The molecule has 0 amide bonds. The van der Waals surface area contributed by atoms with Crippen LogP contribution in [0.1, 0.15) is 40.0 Å². The lowest BCUT2D eigenvalue weighted by molar-refractivity contribution is 0.299. The second-order valence-corrected chi connectivity index (χ2v) is 9.17. The molecule has 0 spiro atoms. The Labute approximate surface area is 165 Å². The molecule has 1 aliphatic rings. The number of hydrogen-bond acceptors (Lipinski definition) is 4. The number of sulfone groups is 1. The third-order valence-electron chi connectivity index (χ3n) is 4.18. The maximum absolute atomic E-state index is 11.4. The summed E-state index contributed by atoms with van der Waals surface area (Å²) < 4.78 is 22.8. The van der Waals surface area contributed by atoms with E-state index < -0.39 is 9.84 Å². The predicted molar refractivity (Wildman–Crippen MR) is 113 cm³/mol. The fourth-order valence-corrected chi connectivity index (χ4v) is 3.92. The first-order valence-electron chi connectivity index (χ1n) is 8.72. The first-order valence-corrected chi connectivity index (χ1v) is 10.5. The summed E-state index contributed by atoms with van der Waals surface area (Å²) in [6, 6.07) is 0.403. The summed E-state index contributed by atoms with van der Waals surface area (Å²) in [6.45, 7) is 9.59. The molecule has 0 aromatic heterocycles. The van der Waals surface area contributed by atoms with E-state index in [4.69, 9.17) is 0 Å². The van der Waals surface area contributed by atoms with Crippen LogP contribution in [0.25, 0.3) is 0 Å². The third kappa shape index (κ3) is 10.7. The van der Waals surface area contributed by atoms with Crippen molar-refractivity contribution < 1.29 is 8.42 Å². The number of nitrogens with zero attached hydrogens (tertiary/aromatic N) is 2. The Balaban J connectivity index is 0.00000529. The number of hydrogen-bond donors (Lipinski definition) is 2. The molecule has 24 heavy (non-hydrogen) atoms. The summed E-state index contributed by atoms with van der Waals surface area (Å²) >= 11 is 0. The van der Waals surface area contributed by atoms with Crippen LogP contribution in [-0.2, 0) is 9.84 Å². The first kappa shape index (κ1) is 23.9. The zero-order valence-corrected chi connectivity index (χ0v) is 18.7. The van der Waals surface area contributed by atoms with Crippen LogP contribution in [0.4, 0.5) is 0 Å². The van der Waals surface area contributed by atoms with Gasteiger partial charge in [0.05, 0.1) is 11.5 Å². The lowest BCUT2D eigenvalue weighted by Gasteiger charge is -2.27. The van der Waals surface area contributed by atoms with Crippen LogP contribution >= 0.6 is 24.0 Å². The average molecular weight is 474 g/mol. The Morgan fingerprint density at radius 3 is 2.33 bits per heavy atom. The SMILES string of the molecule is CN=C(NCCN1CCS(=O)(=O)CC1)NC(C)CCCC(C)C.I. The van der Waals surface area contributed by atoms with Gasteiger partial charge < -0.3 is 10.6 Å². The molecule has 0 aliphatic carbocycles. The van der Waals surface area contributed by atoms with E-state index in [0.29, 0.717) is 19.1 Å². The summed E-state index contributed by atoms with van der Waals surface area (Å²) in [7, 11) is -1.01. The van der Waals surface area contributed by atoms with Crippen molar-refractivity contribution in [2.45, 2.75) is 46.1 Å². The normalized spacial score (nSPS) is 19.6. The molecule has 1 rings (SSSR count). The fourth-order valence-electron chi connectivity index (χ4n) is 2.64. The van der Waals surface area contributed by atoms with Gasteiger partial charge in [-0.2, -0.15) is 0 Å². The highest BCUT2D eigenvalue weighted by Gasteiger charge is 2.20. The van der Waals surface area contributed by atoms with Crippen molar-refractivity contribution in [3.8, 4) is 0 Å². The van der Waals surface area contributed by atoms with Crippen LogP contribution in [0, 0.1) is 5.92 Å². The van der Waals surface area contributed by atoms with Gasteiger partial charge in [0.25, 0.3) is 0 Å². The van der Waals surface area contributed by atoms with Crippen molar-refractivity contribution in [1.29, 1.82) is 0 Å². The van der Waals surface area contributed by atoms with Gasteiger partial charge in [0.2, 0.25) is 0 Å². The van der Waals surface area contributed by atoms with Gasteiger partial charge >= 0.3 is 0 Å². The zero-order valence-electron chi connectivity index (χ0n) is 15.5. The van der Waals surface area contributed by atoms with Gasteiger partial charge in [0.15, 0.2) is 15.8 Å². The summed E-state index contributed by atoms with van der Waals surface area (Å²) in [4.78, 5) is 6.44. The summed E-state index contributed by atoms with van der Waals surface area (Å²) in [5, 5.41) is 6.73. The van der Waals surface area contributed by atoms with Crippen molar-refractivity contribution in [3.05, 3.63) is 0 Å². The van der Waals surface area contributed by atoms with Crippen LogP contribution in [0.5, 0.6) is 0 Å². The van der Waals surface area contributed by atoms with E-state index >= 15 is 0 Å². The number of rotatable bonds is 8. The van der Waals surface area contributed by atoms with Crippen LogP contribution in [0.15, 0.2) is 4.99 Å². The molecule has 2 N–H and O–H groups in total. The van der Waals surface area contributed by atoms with E-state index in [0.717, 1.165) is 31.4 Å². The van der Waals surface area contributed by atoms with Crippen LogP contribution in [0.3, 0.4) is 0 Å². The van der Waals surface area contributed by atoms with E-state index in [1.807, 2.05) is 0 Å². The maximum atomic E-state index is 11.4. The number of aliphatic imine (C=N–C) groups is 1. The van der Waals surface area contributed by atoms with E-state index in [1.165, 1.54) is 12.8 Å². The van der Waals surface area contributed by atoms with Gasteiger partial charge in [-0.15, -0.1) is 24.0 Å². The number of nitrogens with one attached hydrogen (secondary N) is 2. The van der Waals surface area contributed by atoms with Crippen molar-refractivity contribution >= 4 is 39.8 Å². The smallest absolute Gasteiger partial charge is 0.191 e. The molecule has 1 fully saturated rings. The third-order valence-corrected chi connectivity index (χ3v) is 5.79. The maximum Gasteiger partial charge on any atom is 0.191 e. The molecule has 0 aromatic rings. The minimum absolute atomic E-state index is 0. The highest BCUT2D eigenvalue weighted by atomic mass is 127. The Hall–Kier alpha value is -0.0900. The van der Waals surface area contributed by atoms with Crippen LogP contribution in [-0.4, -0.2) is 70.1 Å². The van der Waals surface area contributed by atoms with Gasteiger partial charge in [0, 0.05) is 39.3 Å². The quantitative estimate of drug-likeness (QED) is 0.319. The summed E-state index contributed by atoms with van der Waals surface area (Å²) in [5.74, 6) is 2.15. The molecular weight excluding hydrogens is 439 g/mol. The van der Waals surface area contributed by atoms with E-state index in [2.05, 4.69) is 41.3 Å². The van der Waals surface area contributed by atoms with E-state index in [-0.39, 0.29) is 35.5 Å². The molecule has 1 aliphatic heterocycles. The average Bonchev–Trinajstić information content (AvgIpc) is 2.47. The topological polar surface area (TPSA) is 73.8 Å². The monoisotopic (exact) mass is 474 g/mol. The molecule has 0 aromatic carbocycles. The molecule has 144 valence electrons. The molecule has 1 unspecified atom stereocenters. The van der Waals surface area contributed by atoms with Crippen LogP contribution in [0.2, 0.25) is 0 Å². The number of guanidine groups is 1. The Bertz CT molecular complexity index is 455. The van der Waals surface area contributed by atoms with Gasteiger partial charge in [-0.3, -0.25) is 9.89 Å². The largest absolute Gasteiger partial charge is 0.355 e. The molecule has 6 nitrogen and oxygen atoms in total. The van der Waals surface area contributed by atoms with Crippen LogP contribution < -0.4 is 10.6 Å². The molecule has 1 saturated heterocycles. The summed E-state index contributed by atoms with van der Waals surface area (Å²) in [6.07, 6.45) is 3.63.